The fourth-order valence-electron chi connectivity index (χ4n) is 11.3. The van der Waals surface area contributed by atoms with Crippen LogP contribution < -0.4 is 0 Å². The molecule has 2 aliphatic rings. The maximum Gasteiger partial charge on any atom is 0.0705 e. The molecule has 9 unspecified atom stereocenters. The molecule has 0 heterocycles. The van der Waals surface area contributed by atoms with Crippen molar-refractivity contribution in [1.29, 1.82) is 0 Å². The van der Waals surface area contributed by atoms with Gasteiger partial charge in [0.05, 0.1) is 61.0 Å². The Morgan fingerprint density at radius 3 is 1.50 bits per heavy atom. The molecule has 0 aromatic rings. The molecule has 0 amide bonds. The van der Waals surface area contributed by atoms with Gasteiger partial charge in [0.15, 0.2) is 0 Å². The number of aliphatic hydroxyl groups is 10. The van der Waals surface area contributed by atoms with Crippen molar-refractivity contribution < 1.29 is 51.1 Å². The summed E-state index contributed by atoms with van der Waals surface area (Å²) in [5.74, 6) is -1.30. The van der Waals surface area contributed by atoms with Gasteiger partial charge in [-0.15, -0.1) is 0 Å². The van der Waals surface area contributed by atoms with Crippen molar-refractivity contribution in [1.82, 2.24) is 0 Å². The van der Waals surface area contributed by atoms with E-state index in [0.717, 1.165) is 0 Å². The Labute approximate surface area is 328 Å². The summed E-state index contributed by atoms with van der Waals surface area (Å²) in [5.41, 5.74) is -6.34. The van der Waals surface area contributed by atoms with Crippen molar-refractivity contribution >= 4 is 0 Å². The SMILES string of the molecule is CCCC(O)C(CC)C(O)C(CC(O)CCC(C)O)(C(O)C(CC)(CC)CO)C(CC(O)C(C)(C)C(C)(O)CC)(C1CCC(O)CC1)C1CCC(O)CC1. The minimum absolute atomic E-state index is 0.0458. The van der Waals surface area contributed by atoms with E-state index >= 15 is 0 Å². The van der Waals surface area contributed by atoms with Gasteiger partial charge in [0, 0.05) is 22.2 Å². The molecule has 0 saturated heterocycles. The molecule has 0 spiro atoms. The van der Waals surface area contributed by atoms with E-state index in [1.54, 1.807) is 13.8 Å². The molecule has 0 aliphatic heterocycles. The average Bonchev–Trinajstić information content (AvgIpc) is 3.13. The lowest BCUT2D eigenvalue weighted by atomic mass is 9.38. The zero-order chi connectivity index (χ0) is 41.3. The van der Waals surface area contributed by atoms with E-state index in [1.807, 2.05) is 48.5 Å². The van der Waals surface area contributed by atoms with Crippen LogP contribution in [0, 0.1) is 39.4 Å². The number of hydrogen-bond acceptors (Lipinski definition) is 10. The normalized spacial score (nSPS) is 29.2. The zero-order valence-corrected chi connectivity index (χ0v) is 35.8. The Morgan fingerprint density at radius 2 is 1.13 bits per heavy atom. The molecule has 9 atom stereocenters. The van der Waals surface area contributed by atoms with E-state index in [1.165, 1.54) is 0 Å². The molecule has 10 heteroatoms. The van der Waals surface area contributed by atoms with Crippen molar-refractivity contribution in [2.75, 3.05) is 6.61 Å². The van der Waals surface area contributed by atoms with Gasteiger partial charge in [-0.1, -0.05) is 54.9 Å². The predicted octanol–water partition coefficient (Wildman–Crippen LogP) is 5.62. The first-order chi connectivity index (χ1) is 25.2. The second-order valence-electron chi connectivity index (χ2n) is 18.9. The van der Waals surface area contributed by atoms with Crippen LogP contribution in [0.15, 0.2) is 0 Å². The molecule has 2 rings (SSSR count). The molecule has 0 aromatic heterocycles. The largest absolute Gasteiger partial charge is 0.396 e. The summed E-state index contributed by atoms with van der Waals surface area (Å²) < 4.78 is 0. The van der Waals surface area contributed by atoms with E-state index in [9.17, 15) is 51.1 Å². The fraction of sp³-hybridized carbons (Fsp3) is 1.00. The van der Waals surface area contributed by atoms with Gasteiger partial charge in [0.2, 0.25) is 0 Å². The topological polar surface area (TPSA) is 202 Å². The summed E-state index contributed by atoms with van der Waals surface area (Å²) in [5, 5.41) is 120. The first-order valence-electron chi connectivity index (χ1n) is 22.0. The summed E-state index contributed by atoms with van der Waals surface area (Å²) in [7, 11) is 0. The Balaban J connectivity index is 3.36. The van der Waals surface area contributed by atoms with Gasteiger partial charge in [-0.25, -0.2) is 0 Å². The molecule has 2 saturated carbocycles. The lowest BCUT2D eigenvalue weighted by Crippen LogP contribution is -2.70. The van der Waals surface area contributed by atoms with Crippen LogP contribution in [0.4, 0.5) is 0 Å². The van der Waals surface area contributed by atoms with Crippen LogP contribution >= 0.6 is 0 Å². The van der Waals surface area contributed by atoms with Crippen LogP contribution in [0.2, 0.25) is 0 Å². The molecule has 2 fully saturated rings. The van der Waals surface area contributed by atoms with Gasteiger partial charge in [0.1, 0.15) is 0 Å². The molecule has 2 aliphatic carbocycles. The highest BCUT2D eigenvalue weighted by Crippen LogP contribution is 2.69. The molecule has 0 radical (unpaired) electrons. The standard InChI is InChI=1S/C44H86O10/c1-10-15-36(50)35(11-2)38(52)44(26-34(49)21-16-29(6)46,39(53)42(13-4,14-5)28-45)43(30-17-22-32(47)23-18-30,31-19-24-33(48)25-20-31)27-37(51)40(7,8)41(9,54)12-3/h29-39,45-54H,10-28H2,1-9H3. The predicted molar refractivity (Wildman–Crippen MR) is 214 cm³/mol. The van der Waals surface area contributed by atoms with Crippen LogP contribution in [0.25, 0.3) is 0 Å². The Bertz CT molecular complexity index is 1020. The monoisotopic (exact) mass is 775 g/mol. The fourth-order valence-corrected chi connectivity index (χ4v) is 11.3. The van der Waals surface area contributed by atoms with E-state index < -0.39 is 88.6 Å². The molecule has 54 heavy (non-hydrogen) atoms. The molecule has 322 valence electrons. The van der Waals surface area contributed by atoms with E-state index in [0.29, 0.717) is 89.9 Å². The summed E-state index contributed by atoms with van der Waals surface area (Å²) in [6.45, 7) is 16.3. The molecule has 0 bridgehead atoms. The molecule has 0 aromatic carbocycles. The van der Waals surface area contributed by atoms with Gasteiger partial charge < -0.3 is 51.1 Å². The minimum Gasteiger partial charge on any atom is -0.396 e. The van der Waals surface area contributed by atoms with Crippen LogP contribution in [0.3, 0.4) is 0 Å². The third-order valence-corrected chi connectivity index (χ3v) is 15.9. The average molecular weight is 775 g/mol. The highest BCUT2D eigenvalue weighted by molar-refractivity contribution is 5.18. The first-order valence-corrected chi connectivity index (χ1v) is 22.0. The van der Waals surface area contributed by atoms with Crippen molar-refractivity contribution in [3.63, 3.8) is 0 Å². The summed E-state index contributed by atoms with van der Waals surface area (Å²) in [4.78, 5) is 0. The van der Waals surface area contributed by atoms with Crippen LogP contribution in [-0.4, -0.2) is 112 Å². The lowest BCUT2D eigenvalue weighted by molar-refractivity contribution is -0.280. The Morgan fingerprint density at radius 1 is 0.648 bits per heavy atom. The molecular formula is C44H86O10. The summed E-state index contributed by atoms with van der Waals surface area (Å²) in [6, 6.07) is 0. The second-order valence-corrected chi connectivity index (χ2v) is 18.9. The third kappa shape index (κ3) is 10.2. The van der Waals surface area contributed by atoms with Crippen LogP contribution in [0.1, 0.15) is 178 Å². The Kier molecular flexibility index (Phi) is 19.4. The highest BCUT2D eigenvalue weighted by Gasteiger charge is 2.70. The van der Waals surface area contributed by atoms with Crippen molar-refractivity contribution in [2.45, 2.75) is 232 Å². The van der Waals surface area contributed by atoms with Gasteiger partial charge in [-0.05, 0) is 140 Å². The number of rotatable bonds is 24. The number of hydrogen-bond donors (Lipinski definition) is 10. The molecular weight excluding hydrogens is 688 g/mol. The summed E-state index contributed by atoms with van der Waals surface area (Å²) in [6.07, 6.45) is -0.905. The number of aliphatic hydroxyl groups excluding tert-OH is 9. The second kappa shape index (κ2) is 21.0. The quantitative estimate of drug-likeness (QED) is 0.0587. The molecule has 10 nitrogen and oxygen atoms in total. The lowest BCUT2D eigenvalue weighted by Gasteiger charge is -2.68. The highest BCUT2D eigenvalue weighted by atomic mass is 16.3. The Hall–Kier alpha value is -0.400. The zero-order valence-electron chi connectivity index (χ0n) is 35.8. The van der Waals surface area contributed by atoms with E-state index in [-0.39, 0.29) is 37.5 Å². The van der Waals surface area contributed by atoms with Crippen molar-refractivity contribution in [2.24, 2.45) is 39.4 Å². The van der Waals surface area contributed by atoms with Gasteiger partial charge in [-0.3, -0.25) is 0 Å². The van der Waals surface area contributed by atoms with Gasteiger partial charge in [-0.2, -0.15) is 0 Å². The van der Waals surface area contributed by atoms with E-state index in [4.69, 9.17) is 0 Å². The maximum atomic E-state index is 13.7. The summed E-state index contributed by atoms with van der Waals surface area (Å²) >= 11 is 0. The van der Waals surface area contributed by atoms with Crippen LogP contribution in [0.5, 0.6) is 0 Å². The van der Waals surface area contributed by atoms with Crippen LogP contribution in [-0.2, 0) is 0 Å². The molecule has 10 N–H and O–H groups in total. The van der Waals surface area contributed by atoms with Gasteiger partial charge in [0.25, 0.3) is 0 Å². The smallest absolute Gasteiger partial charge is 0.0705 e. The van der Waals surface area contributed by atoms with E-state index in [2.05, 4.69) is 0 Å². The minimum atomic E-state index is -1.65. The maximum absolute atomic E-state index is 13.7. The first kappa shape index (κ1) is 49.7. The van der Waals surface area contributed by atoms with Crippen molar-refractivity contribution in [3.05, 3.63) is 0 Å². The third-order valence-electron chi connectivity index (χ3n) is 15.9. The van der Waals surface area contributed by atoms with Gasteiger partial charge >= 0.3 is 0 Å². The van der Waals surface area contributed by atoms with Crippen molar-refractivity contribution in [3.8, 4) is 0 Å².